The second-order valence-corrected chi connectivity index (χ2v) is 8.85. The van der Waals surface area contributed by atoms with E-state index in [2.05, 4.69) is 28.9 Å². The van der Waals surface area contributed by atoms with Gasteiger partial charge in [-0.15, -0.1) is 0 Å². The monoisotopic (exact) mass is 392 g/mol. The van der Waals surface area contributed by atoms with Crippen LogP contribution >= 0.6 is 0 Å². The second-order valence-electron chi connectivity index (χ2n) is 8.85. The zero-order valence-electron chi connectivity index (χ0n) is 16.7. The van der Waals surface area contributed by atoms with E-state index in [4.69, 9.17) is 0 Å². The number of fused-ring (bicyclic) bond motifs is 2. The van der Waals surface area contributed by atoms with Crippen LogP contribution in [0.4, 0.5) is 10.1 Å². The van der Waals surface area contributed by atoms with Gasteiger partial charge in [0.05, 0.1) is 5.52 Å². The van der Waals surface area contributed by atoms with Crippen molar-refractivity contribution in [2.45, 2.75) is 38.3 Å². The van der Waals surface area contributed by atoms with Crippen LogP contribution in [0.1, 0.15) is 37.2 Å². The molecular formula is C23H25FN4O. The Morgan fingerprint density at radius 1 is 1.21 bits per heavy atom. The van der Waals surface area contributed by atoms with Gasteiger partial charge in [0.15, 0.2) is 5.69 Å². The van der Waals surface area contributed by atoms with Gasteiger partial charge in [0.25, 0.3) is 5.91 Å². The van der Waals surface area contributed by atoms with Gasteiger partial charge in [0.1, 0.15) is 5.82 Å². The number of benzene rings is 2. The Kier molecular flexibility index (Phi) is 4.12. The SMILES string of the molecule is CC1(C)C[C@@H]2CN(C(=O)c3n[nH]c4ccccc34)CC[C@@H]2N1c1cccc(F)c1. The number of aromatic amines is 1. The van der Waals surface area contributed by atoms with E-state index in [1.807, 2.05) is 35.2 Å². The fourth-order valence-electron chi connectivity index (χ4n) is 5.38. The molecule has 0 spiro atoms. The summed E-state index contributed by atoms with van der Waals surface area (Å²) in [7, 11) is 0. The number of H-pyrrole nitrogens is 1. The molecule has 1 amide bonds. The van der Waals surface area contributed by atoms with Crippen molar-refractivity contribution < 1.29 is 9.18 Å². The lowest BCUT2D eigenvalue weighted by Gasteiger charge is -2.41. The molecular weight excluding hydrogens is 367 g/mol. The van der Waals surface area contributed by atoms with Crippen LogP contribution in [0.5, 0.6) is 0 Å². The number of nitrogens with zero attached hydrogens (tertiary/aromatic N) is 3. The molecule has 3 heterocycles. The molecule has 0 aliphatic carbocycles. The van der Waals surface area contributed by atoms with Crippen molar-refractivity contribution in [3.63, 3.8) is 0 Å². The molecule has 2 atom stereocenters. The molecule has 0 unspecified atom stereocenters. The van der Waals surface area contributed by atoms with Crippen LogP contribution in [0, 0.1) is 11.7 Å². The smallest absolute Gasteiger partial charge is 0.275 e. The molecule has 5 nitrogen and oxygen atoms in total. The second kappa shape index (κ2) is 6.58. The maximum Gasteiger partial charge on any atom is 0.275 e. The highest BCUT2D eigenvalue weighted by Crippen LogP contribution is 2.44. The summed E-state index contributed by atoms with van der Waals surface area (Å²) in [6.07, 6.45) is 1.85. The number of nitrogens with one attached hydrogen (secondary N) is 1. The van der Waals surface area contributed by atoms with Crippen molar-refractivity contribution >= 4 is 22.5 Å². The van der Waals surface area contributed by atoms with Crippen molar-refractivity contribution in [3.8, 4) is 0 Å². The van der Waals surface area contributed by atoms with Crippen molar-refractivity contribution in [2.24, 2.45) is 5.92 Å². The van der Waals surface area contributed by atoms with Gasteiger partial charge in [-0.3, -0.25) is 9.89 Å². The lowest BCUT2D eigenvalue weighted by atomic mass is 9.89. The molecule has 2 aliphatic rings. The molecule has 29 heavy (non-hydrogen) atoms. The first-order chi connectivity index (χ1) is 13.9. The normalized spacial score (nSPS) is 23.4. The van der Waals surface area contributed by atoms with Crippen molar-refractivity contribution in [1.82, 2.24) is 15.1 Å². The van der Waals surface area contributed by atoms with E-state index >= 15 is 0 Å². The van der Waals surface area contributed by atoms with E-state index < -0.39 is 0 Å². The van der Waals surface area contributed by atoms with Gasteiger partial charge in [-0.2, -0.15) is 5.10 Å². The first-order valence-electron chi connectivity index (χ1n) is 10.2. The minimum atomic E-state index is -0.209. The van der Waals surface area contributed by atoms with Gasteiger partial charge >= 0.3 is 0 Å². The van der Waals surface area contributed by atoms with E-state index in [-0.39, 0.29) is 17.3 Å². The number of anilines is 1. The first-order valence-corrected chi connectivity index (χ1v) is 10.2. The van der Waals surface area contributed by atoms with E-state index in [9.17, 15) is 9.18 Å². The van der Waals surface area contributed by atoms with Gasteiger partial charge in [0.2, 0.25) is 0 Å². The Morgan fingerprint density at radius 2 is 2.03 bits per heavy atom. The molecule has 2 saturated heterocycles. The molecule has 3 aromatic rings. The third kappa shape index (κ3) is 2.98. The van der Waals surface area contributed by atoms with E-state index in [1.165, 1.54) is 6.07 Å². The van der Waals surface area contributed by atoms with E-state index in [1.54, 1.807) is 12.1 Å². The average Bonchev–Trinajstić information content (AvgIpc) is 3.23. The molecule has 0 saturated carbocycles. The number of hydrogen-bond donors (Lipinski definition) is 1. The van der Waals surface area contributed by atoms with E-state index in [0.717, 1.165) is 29.4 Å². The van der Waals surface area contributed by atoms with Gasteiger partial charge in [-0.1, -0.05) is 24.3 Å². The number of amides is 1. The molecule has 6 heteroatoms. The number of halogens is 1. The van der Waals surface area contributed by atoms with Gasteiger partial charge < -0.3 is 9.80 Å². The highest BCUT2D eigenvalue weighted by Gasteiger charge is 2.48. The Hall–Kier alpha value is -2.89. The molecule has 5 rings (SSSR count). The maximum absolute atomic E-state index is 13.9. The standard InChI is InChI=1S/C23H25FN4O/c1-23(2)13-15-14-27(22(29)21-18-8-3-4-9-19(18)25-26-21)11-10-20(15)28(23)17-7-5-6-16(24)12-17/h3-9,12,15,20H,10-11,13-14H2,1-2H3,(H,25,26)/t15-,20+/m1/s1. The summed E-state index contributed by atoms with van der Waals surface area (Å²) >= 11 is 0. The molecule has 2 aliphatic heterocycles. The fourth-order valence-corrected chi connectivity index (χ4v) is 5.38. The Labute approximate surface area is 169 Å². The summed E-state index contributed by atoms with van der Waals surface area (Å²) in [5.41, 5.74) is 2.23. The van der Waals surface area contributed by atoms with Crippen molar-refractivity contribution in [2.75, 3.05) is 18.0 Å². The average molecular weight is 392 g/mol. The molecule has 2 aromatic carbocycles. The van der Waals surface area contributed by atoms with Crippen molar-refractivity contribution in [1.29, 1.82) is 0 Å². The zero-order valence-corrected chi connectivity index (χ0v) is 16.7. The Bertz CT molecular complexity index is 1080. The van der Waals surface area contributed by atoms with Crippen LogP contribution in [-0.4, -0.2) is 45.7 Å². The highest BCUT2D eigenvalue weighted by molar-refractivity contribution is 6.04. The summed E-state index contributed by atoms with van der Waals surface area (Å²) < 4.78 is 13.9. The summed E-state index contributed by atoms with van der Waals surface area (Å²) in [6.45, 7) is 5.82. The predicted octanol–water partition coefficient (Wildman–Crippen LogP) is 4.22. The molecule has 150 valence electrons. The molecule has 0 radical (unpaired) electrons. The van der Waals surface area contributed by atoms with Gasteiger partial charge in [-0.05, 0) is 56.9 Å². The predicted molar refractivity (Wildman–Crippen MR) is 111 cm³/mol. The third-order valence-corrected chi connectivity index (χ3v) is 6.49. The van der Waals surface area contributed by atoms with Crippen LogP contribution < -0.4 is 4.90 Å². The lowest BCUT2D eigenvalue weighted by Crippen LogP contribution is -2.50. The third-order valence-electron chi connectivity index (χ3n) is 6.49. The highest BCUT2D eigenvalue weighted by atomic mass is 19.1. The quantitative estimate of drug-likeness (QED) is 0.710. The summed E-state index contributed by atoms with van der Waals surface area (Å²) in [4.78, 5) is 17.5. The van der Waals surface area contributed by atoms with Crippen LogP contribution in [0.2, 0.25) is 0 Å². The number of likely N-dealkylation sites (tertiary alicyclic amines) is 1. The number of hydrogen-bond acceptors (Lipinski definition) is 3. The number of carbonyl (C=O) groups is 1. The topological polar surface area (TPSA) is 52.2 Å². The lowest BCUT2D eigenvalue weighted by molar-refractivity contribution is 0.0663. The molecule has 1 aromatic heterocycles. The van der Waals surface area contributed by atoms with Crippen molar-refractivity contribution in [3.05, 3.63) is 60.0 Å². The van der Waals surface area contributed by atoms with Crippen LogP contribution in [0.25, 0.3) is 10.9 Å². The minimum Gasteiger partial charge on any atom is -0.363 e. The fraction of sp³-hybridized carbons (Fsp3) is 0.391. The van der Waals surface area contributed by atoms with Crippen LogP contribution in [-0.2, 0) is 0 Å². The molecule has 1 N–H and O–H groups in total. The maximum atomic E-state index is 13.9. The number of piperidine rings is 1. The van der Waals surface area contributed by atoms with E-state index in [0.29, 0.717) is 30.7 Å². The van der Waals surface area contributed by atoms with Gasteiger partial charge in [-0.25, -0.2) is 4.39 Å². The Balaban J connectivity index is 1.40. The Morgan fingerprint density at radius 3 is 2.86 bits per heavy atom. The molecule has 0 bridgehead atoms. The van der Waals surface area contributed by atoms with Crippen LogP contribution in [0.3, 0.4) is 0 Å². The summed E-state index contributed by atoms with van der Waals surface area (Å²) in [5.74, 6) is 0.138. The molecule has 2 fully saturated rings. The summed E-state index contributed by atoms with van der Waals surface area (Å²) in [5, 5.41) is 8.12. The number of para-hydroxylation sites is 1. The minimum absolute atomic E-state index is 0.0112. The number of rotatable bonds is 2. The van der Waals surface area contributed by atoms with Crippen LogP contribution in [0.15, 0.2) is 48.5 Å². The zero-order chi connectivity index (χ0) is 20.2. The van der Waals surface area contributed by atoms with Gasteiger partial charge in [0, 0.05) is 35.7 Å². The number of aromatic nitrogens is 2. The largest absolute Gasteiger partial charge is 0.363 e. The summed E-state index contributed by atoms with van der Waals surface area (Å²) in [6, 6.07) is 14.9. The number of carbonyl (C=O) groups excluding carboxylic acids is 1. The first kappa shape index (κ1) is 18.2.